The van der Waals surface area contributed by atoms with E-state index in [2.05, 4.69) is 4.74 Å². The van der Waals surface area contributed by atoms with Crippen molar-refractivity contribution >= 4 is 5.97 Å². The Balaban J connectivity index is 2.65. The molecule has 1 aliphatic carbocycles. The summed E-state index contributed by atoms with van der Waals surface area (Å²) in [4.78, 5) is 35.5. The van der Waals surface area contributed by atoms with Crippen LogP contribution in [0.2, 0.25) is 0 Å². The number of fused-ring (bicyclic) bond motifs is 1. The fourth-order valence-corrected chi connectivity index (χ4v) is 2.56. The van der Waals surface area contributed by atoms with Crippen LogP contribution in [0.15, 0.2) is 9.59 Å². The molecule has 7 nitrogen and oxygen atoms in total. The highest BCUT2D eigenvalue weighted by Gasteiger charge is 2.37. The summed E-state index contributed by atoms with van der Waals surface area (Å²) in [6, 6.07) is 0. The van der Waals surface area contributed by atoms with Gasteiger partial charge in [-0.15, -0.1) is 0 Å². The third kappa shape index (κ3) is 1.90. The van der Waals surface area contributed by atoms with E-state index in [9.17, 15) is 19.5 Å². The average molecular weight is 268 g/mol. The third-order valence-corrected chi connectivity index (χ3v) is 3.70. The van der Waals surface area contributed by atoms with Crippen molar-refractivity contribution in [2.24, 2.45) is 20.0 Å². The van der Waals surface area contributed by atoms with E-state index >= 15 is 0 Å². The van der Waals surface area contributed by atoms with Crippen LogP contribution in [0, 0.1) is 5.92 Å². The highest BCUT2D eigenvalue weighted by molar-refractivity contribution is 5.73. The molecule has 0 spiro atoms. The Morgan fingerprint density at radius 2 is 1.95 bits per heavy atom. The van der Waals surface area contributed by atoms with Crippen molar-refractivity contribution in [3.05, 3.63) is 32.1 Å². The Bertz CT molecular complexity index is 643. The molecular weight excluding hydrogens is 252 g/mol. The van der Waals surface area contributed by atoms with Crippen LogP contribution in [0.1, 0.15) is 23.8 Å². The van der Waals surface area contributed by atoms with E-state index in [1.165, 1.54) is 18.7 Å². The van der Waals surface area contributed by atoms with E-state index in [0.29, 0.717) is 18.5 Å². The first-order valence-corrected chi connectivity index (χ1v) is 5.94. The second-order valence-corrected chi connectivity index (χ2v) is 4.68. The van der Waals surface area contributed by atoms with Gasteiger partial charge in [-0.25, -0.2) is 4.79 Å². The monoisotopic (exact) mass is 268 g/mol. The predicted octanol–water partition coefficient (Wildman–Crippen LogP) is -1.15. The molecule has 2 atom stereocenters. The molecule has 19 heavy (non-hydrogen) atoms. The number of aliphatic hydroxyl groups is 1. The van der Waals surface area contributed by atoms with Crippen LogP contribution in [0.25, 0.3) is 0 Å². The molecule has 7 heteroatoms. The molecule has 2 rings (SSSR count). The molecule has 0 saturated carbocycles. The first kappa shape index (κ1) is 13.5. The normalized spacial score (nSPS) is 21.9. The summed E-state index contributed by atoms with van der Waals surface area (Å²) in [6.07, 6.45) is -0.503. The molecule has 0 unspecified atom stereocenters. The molecule has 1 aromatic heterocycles. The lowest BCUT2D eigenvalue weighted by Crippen LogP contribution is -2.45. The highest BCUT2D eigenvalue weighted by atomic mass is 16.5. The van der Waals surface area contributed by atoms with Gasteiger partial charge in [-0.05, 0) is 12.8 Å². The van der Waals surface area contributed by atoms with Crippen molar-refractivity contribution in [3.8, 4) is 0 Å². The second-order valence-electron chi connectivity index (χ2n) is 4.68. The zero-order valence-electron chi connectivity index (χ0n) is 11.0. The minimum Gasteiger partial charge on any atom is -0.469 e. The van der Waals surface area contributed by atoms with Crippen molar-refractivity contribution in [1.29, 1.82) is 0 Å². The summed E-state index contributed by atoms with van der Waals surface area (Å²) >= 11 is 0. The SMILES string of the molecule is COC(=O)[C@@H]1CCc2c(c(=O)n(C)c(=O)n2C)[C@@H]1O. The summed E-state index contributed by atoms with van der Waals surface area (Å²) in [5.41, 5.74) is -0.390. The Kier molecular flexibility index (Phi) is 3.32. The summed E-state index contributed by atoms with van der Waals surface area (Å²) in [6.45, 7) is 0. The predicted molar refractivity (Wildman–Crippen MR) is 65.7 cm³/mol. The van der Waals surface area contributed by atoms with Gasteiger partial charge in [0.15, 0.2) is 0 Å². The summed E-state index contributed by atoms with van der Waals surface area (Å²) in [5.74, 6) is -1.31. The van der Waals surface area contributed by atoms with Crippen LogP contribution < -0.4 is 11.2 Å². The molecular formula is C12H16N2O5. The number of hydrogen-bond donors (Lipinski definition) is 1. The number of carbonyl (C=O) groups is 1. The lowest BCUT2D eigenvalue weighted by atomic mass is 9.84. The number of aromatic nitrogens is 2. The van der Waals surface area contributed by atoms with Gasteiger partial charge >= 0.3 is 11.7 Å². The molecule has 1 heterocycles. The topological polar surface area (TPSA) is 90.5 Å². The van der Waals surface area contributed by atoms with E-state index in [0.717, 1.165) is 4.57 Å². The second kappa shape index (κ2) is 4.65. The number of hydrogen-bond acceptors (Lipinski definition) is 5. The third-order valence-electron chi connectivity index (χ3n) is 3.70. The Morgan fingerprint density at radius 1 is 1.32 bits per heavy atom. The van der Waals surface area contributed by atoms with Crippen LogP contribution in [0.3, 0.4) is 0 Å². The van der Waals surface area contributed by atoms with Gasteiger partial charge in [0.2, 0.25) is 0 Å². The molecule has 0 aliphatic heterocycles. The number of esters is 1. The van der Waals surface area contributed by atoms with Gasteiger partial charge in [-0.1, -0.05) is 0 Å². The number of methoxy groups -OCH3 is 1. The first-order chi connectivity index (χ1) is 8.90. The van der Waals surface area contributed by atoms with Crippen LogP contribution in [0.4, 0.5) is 0 Å². The minimum absolute atomic E-state index is 0.117. The van der Waals surface area contributed by atoms with Gasteiger partial charge in [-0.2, -0.15) is 0 Å². The van der Waals surface area contributed by atoms with Crippen LogP contribution in [-0.4, -0.2) is 27.3 Å². The molecule has 0 aromatic carbocycles. The van der Waals surface area contributed by atoms with Crippen molar-refractivity contribution < 1.29 is 14.6 Å². The van der Waals surface area contributed by atoms with Crippen molar-refractivity contribution in [2.45, 2.75) is 18.9 Å². The van der Waals surface area contributed by atoms with Crippen LogP contribution in [0.5, 0.6) is 0 Å². The Labute approximate surface area is 109 Å². The van der Waals surface area contributed by atoms with Crippen molar-refractivity contribution in [3.63, 3.8) is 0 Å². The standard InChI is InChI=1S/C12H16N2O5/c1-13-7-5-4-6(11(17)19-3)9(15)8(7)10(16)14(2)12(13)18/h6,9,15H,4-5H2,1-3H3/t6-,9-/m1/s1. The van der Waals surface area contributed by atoms with Crippen molar-refractivity contribution in [1.82, 2.24) is 9.13 Å². The minimum atomic E-state index is -1.23. The van der Waals surface area contributed by atoms with Gasteiger partial charge in [-0.3, -0.25) is 14.2 Å². The molecule has 0 bridgehead atoms. The largest absolute Gasteiger partial charge is 0.469 e. The van der Waals surface area contributed by atoms with Crippen molar-refractivity contribution in [2.75, 3.05) is 7.11 Å². The summed E-state index contributed by atoms with van der Waals surface area (Å²) in [7, 11) is 4.13. The van der Waals surface area contributed by atoms with Crippen LogP contribution in [-0.2, 0) is 30.0 Å². The molecule has 0 saturated heterocycles. The van der Waals surface area contributed by atoms with E-state index in [1.54, 1.807) is 7.05 Å². The number of rotatable bonds is 1. The molecule has 1 aliphatic rings. The fourth-order valence-electron chi connectivity index (χ4n) is 2.56. The maximum Gasteiger partial charge on any atom is 0.330 e. The number of nitrogens with zero attached hydrogens (tertiary/aromatic N) is 2. The lowest BCUT2D eigenvalue weighted by molar-refractivity contribution is -0.150. The van der Waals surface area contributed by atoms with E-state index in [1.807, 2.05) is 0 Å². The Hall–Kier alpha value is -1.89. The Morgan fingerprint density at radius 3 is 2.53 bits per heavy atom. The number of carbonyl (C=O) groups excluding carboxylic acids is 1. The van der Waals surface area contributed by atoms with E-state index in [-0.39, 0.29) is 5.56 Å². The molecule has 0 amide bonds. The zero-order chi connectivity index (χ0) is 14.3. The molecule has 0 radical (unpaired) electrons. The molecule has 1 N–H and O–H groups in total. The van der Waals surface area contributed by atoms with Gasteiger partial charge in [0.05, 0.1) is 24.7 Å². The number of aliphatic hydroxyl groups excluding tert-OH is 1. The summed E-state index contributed by atoms with van der Waals surface area (Å²) < 4.78 is 6.90. The lowest BCUT2D eigenvalue weighted by Gasteiger charge is -2.28. The fraction of sp³-hybridized carbons (Fsp3) is 0.583. The summed E-state index contributed by atoms with van der Waals surface area (Å²) in [5, 5.41) is 10.2. The zero-order valence-corrected chi connectivity index (χ0v) is 11.0. The van der Waals surface area contributed by atoms with Gasteiger partial charge < -0.3 is 14.4 Å². The highest BCUT2D eigenvalue weighted by Crippen LogP contribution is 2.32. The molecule has 104 valence electrons. The number of ether oxygens (including phenoxy) is 1. The van der Waals surface area contributed by atoms with Crippen LogP contribution >= 0.6 is 0 Å². The molecule has 0 fully saturated rings. The average Bonchev–Trinajstić information content (AvgIpc) is 2.41. The maximum atomic E-state index is 12.1. The van der Waals surface area contributed by atoms with Gasteiger partial charge in [0.1, 0.15) is 0 Å². The van der Waals surface area contributed by atoms with E-state index < -0.39 is 29.2 Å². The quantitative estimate of drug-likeness (QED) is 0.650. The van der Waals surface area contributed by atoms with Gasteiger partial charge in [0.25, 0.3) is 5.56 Å². The van der Waals surface area contributed by atoms with Gasteiger partial charge in [0, 0.05) is 19.8 Å². The van der Waals surface area contributed by atoms with E-state index in [4.69, 9.17) is 0 Å². The smallest absolute Gasteiger partial charge is 0.330 e. The first-order valence-electron chi connectivity index (χ1n) is 5.94. The molecule has 1 aromatic rings. The maximum absolute atomic E-state index is 12.1.